The summed E-state index contributed by atoms with van der Waals surface area (Å²) in [5.41, 5.74) is 3.05. The lowest BCUT2D eigenvalue weighted by Gasteiger charge is -2.10. The van der Waals surface area contributed by atoms with E-state index in [1.807, 2.05) is 0 Å². The Morgan fingerprint density at radius 3 is 2.44 bits per heavy atom. The number of thiol groups is 1. The molecule has 86 valence electrons. The standard InChI is InChI=1S/C10H7F4NS/c11-8-4-6(2-1-3-16)7(5-9(8)15)10(12,13)14/h4-5,16H,3,15H2. The predicted octanol–water partition coefficient (Wildman–Crippen LogP) is 2.71. The molecule has 0 radical (unpaired) electrons. The van der Waals surface area contributed by atoms with Crippen LogP contribution in [0.3, 0.4) is 0 Å². The van der Waals surface area contributed by atoms with Gasteiger partial charge in [-0.05, 0) is 12.1 Å². The van der Waals surface area contributed by atoms with Crippen molar-refractivity contribution in [2.45, 2.75) is 6.18 Å². The van der Waals surface area contributed by atoms with E-state index < -0.39 is 28.8 Å². The topological polar surface area (TPSA) is 26.0 Å². The minimum absolute atomic E-state index is 0.0866. The molecular formula is C10H7F4NS. The molecule has 0 fully saturated rings. The molecule has 6 heteroatoms. The fourth-order valence-corrected chi connectivity index (χ4v) is 1.14. The zero-order chi connectivity index (χ0) is 12.3. The molecule has 0 atom stereocenters. The molecule has 0 saturated heterocycles. The van der Waals surface area contributed by atoms with E-state index in [1.54, 1.807) is 0 Å². The van der Waals surface area contributed by atoms with E-state index in [0.29, 0.717) is 12.1 Å². The van der Waals surface area contributed by atoms with E-state index in [-0.39, 0.29) is 5.75 Å². The number of alkyl halides is 3. The number of nitrogens with two attached hydrogens (primary N) is 1. The summed E-state index contributed by atoms with van der Waals surface area (Å²) in [4.78, 5) is 0. The van der Waals surface area contributed by atoms with Crippen LogP contribution in [-0.2, 0) is 6.18 Å². The van der Waals surface area contributed by atoms with Crippen LogP contribution in [0.25, 0.3) is 0 Å². The van der Waals surface area contributed by atoms with Crippen LogP contribution >= 0.6 is 12.6 Å². The highest BCUT2D eigenvalue weighted by molar-refractivity contribution is 7.80. The Labute approximate surface area is 95.0 Å². The summed E-state index contributed by atoms with van der Waals surface area (Å²) < 4.78 is 50.6. The van der Waals surface area contributed by atoms with Crippen molar-refractivity contribution in [3.63, 3.8) is 0 Å². The smallest absolute Gasteiger partial charge is 0.396 e. The predicted molar refractivity (Wildman–Crippen MR) is 56.5 cm³/mol. The molecule has 0 amide bonds. The molecule has 0 saturated carbocycles. The van der Waals surface area contributed by atoms with E-state index in [1.165, 1.54) is 0 Å². The average molecular weight is 249 g/mol. The number of rotatable bonds is 0. The molecular weight excluding hydrogens is 242 g/mol. The Balaban J connectivity index is 3.39. The lowest BCUT2D eigenvalue weighted by atomic mass is 10.1. The minimum Gasteiger partial charge on any atom is -0.396 e. The lowest BCUT2D eigenvalue weighted by molar-refractivity contribution is -0.137. The molecule has 0 spiro atoms. The van der Waals surface area contributed by atoms with Gasteiger partial charge < -0.3 is 5.73 Å². The van der Waals surface area contributed by atoms with Crippen LogP contribution in [0, 0.1) is 17.7 Å². The molecule has 1 rings (SSSR count). The van der Waals surface area contributed by atoms with E-state index in [9.17, 15) is 17.6 Å². The summed E-state index contributed by atoms with van der Waals surface area (Å²) in [7, 11) is 0. The Morgan fingerprint density at radius 2 is 1.94 bits per heavy atom. The number of benzene rings is 1. The van der Waals surface area contributed by atoms with Gasteiger partial charge in [0.15, 0.2) is 0 Å². The van der Waals surface area contributed by atoms with Gasteiger partial charge in [-0.2, -0.15) is 25.8 Å². The van der Waals surface area contributed by atoms with Crippen molar-refractivity contribution in [1.82, 2.24) is 0 Å². The summed E-state index contributed by atoms with van der Waals surface area (Å²) in [6, 6.07) is 1.21. The number of anilines is 1. The molecule has 0 heterocycles. The van der Waals surface area contributed by atoms with Crippen molar-refractivity contribution in [1.29, 1.82) is 0 Å². The molecule has 0 unspecified atom stereocenters. The molecule has 0 aromatic heterocycles. The number of halogens is 4. The second-order valence-corrected chi connectivity index (χ2v) is 3.19. The third-order valence-corrected chi connectivity index (χ3v) is 1.90. The highest BCUT2D eigenvalue weighted by Crippen LogP contribution is 2.33. The highest BCUT2D eigenvalue weighted by atomic mass is 32.1. The fourth-order valence-electron chi connectivity index (χ4n) is 1.06. The number of nitrogen functional groups attached to an aromatic ring is 1. The molecule has 0 aliphatic carbocycles. The molecule has 0 bridgehead atoms. The lowest BCUT2D eigenvalue weighted by Crippen LogP contribution is -2.09. The summed E-state index contributed by atoms with van der Waals surface area (Å²) in [5.74, 6) is 3.69. The fraction of sp³-hybridized carbons (Fsp3) is 0.200. The van der Waals surface area contributed by atoms with Crippen LogP contribution in [-0.4, -0.2) is 5.75 Å². The zero-order valence-electron chi connectivity index (χ0n) is 7.90. The van der Waals surface area contributed by atoms with Crippen LogP contribution in [0.5, 0.6) is 0 Å². The Hall–Kier alpha value is -1.35. The first-order valence-electron chi connectivity index (χ1n) is 4.12. The van der Waals surface area contributed by atoms with Gasteiger partial charge in [-0.3, -0.25) is 0 Å². The van der Waals surface area contributed by atoms with Crippen LogP contribution in [0.4, 0.5) is 23.2 Å². The maximum atomic E-state index is 13.0. The molecule has 1 aromatic rings. The van der Waals surface area contributed by atoms with Crippen molar-refractivity contribution in [3.05, 3.63) is 29.1 Å². The van der Waals surface area contributed by atoms with Crippen LogP contribution < -0.4 is 5.73 Å². The third-order valence-electron chi connectivity index (χ3n) is 1.74. The molecule has 0 aliphatic heterocycles. The van der Waals surface area contributed by atoms with Crippen LogP contribution in [0.2, 0.25) is 0 Å². The van der Waals surface area contributed by atoms with E-state index >= 15 is 0 Å². The monoisotopic (exact) mass is 249 g/mol. The summed E-state index contributed by atoms with van der Waals surface area (Å²) in [5, 5.41) is 0. The third kappa shape index (κ3) is 2.83. The van der Waals surface area contributed by atoms with Gasteiger partial charge in [0.05, 0.1) is 17.0 Å². The molecule has 16 heavy (non-hydrogen) atoms. The van der Waals surface area contributed by atoms with E-state index in [4.69, 9.17) is 5.73 Å². The summed E-state index contributed by atoms with van der Waals surface area (Å²) in [6.45, 7) is 0. The maximum absolute atomic E-state index is 13.0. The minimum atomic E-state index is -4.61. The van der Waals surface area contributed by atoms with Gasteiger partial charge in [-0.25, -0.2) is 4.39 Å². The van der Waals surface area contributed by atoms with Crippen LogP contribution in [0.15, 0.2) is 12.1 Å². The summed E-state index contributed by atoms with van der Waals surface area (Å²) >= 11 is 3.73. The Kier molecular flexibility index (Phi) is 3.70. The second-order valence-electron chi connectivity index (χ2n) is 2.88. The largest absolute Gasteiger partial charge is 0.417 e. The normalized spacial score (nSPS) is 10.8. The number of hydrogen-bond donors (Lipinski definition) is 2. The molecule has 1 aromatic carbocycles. The van der Waals surface area contributed by atoms with Gasteiger partial charge in [0.2, 0.25) is 0 Å². The Morgan fingerprint density at radius 1 is 1.31 bits per heavy atom. The average Bonchev–Trinajstić information content (AvgIpc) is 2.17. The van der Waals surface area contributed by atoms with Gasteiger partial charge in [-0.15, -0.1) is 0 Å². The second kappa shape index (κ2) is 4.66. The first-order chi connectivity index (χ1) is 7.36. The van der Waals surface area contributed by atoms with Crippen molar-refractivity contribution >= 4 is 18.3 Å². The molecule has 0 aliphatic rings. The first kappa shape index (κ1) is 12.7. The highest BCUT2D eigenvalue weighted by Gasteiger charge is 2.33. The summed E-state index contributed by atoms with van der Waals surface area (Å²) in [6.07, 6.45) is -4.61. The van der Waals surface area contributed by atoms with Crippen molar-refractivity contribution in [2.24, 2.45) is 0 Å². The SMILES string of the molecule is Nc1cc(C(F)(F)F)c(C#CCS)cc1F. The van der Waals surface area contributed by atoms with E-state index in [0.717, 1.165) is 0 Å². The van der Waals surface area contributed by atoms with Gasteiger partial charge in [0.1, 0.15) is 5.82 Å². The quantitative estimate of drug-likeness (QED) is 0.314. The van der Waals surface area contributed by atoms with E-state index in [2.05, 4.69) is 24.5 Å². The van der Waals surface area contributed by atoms with Gasteiger partial charge in [0, 0.05) is 5.56 Å². The Bertz CT molecular complexity index is 456. The molecule has 2 N–H and O–H groups in total. The zero-order valence-corrected chi connectivity index (χ0v) is 8.79. The molecule has 1 nitrogen and oxygen atoms in total. The number of hydrogen-bond acceptors (Lipinski definition) is 2. The van der Waals surface area contributed by atoms with Gasteiger partial charge in [0.25, 0.3) is 0 Å². The van der Waals surface area contributed by atoms with Gasteiger partial charge >= 0.3 is 6.18 Å². The van der Waals surface area contributed by atoms with Crippen molar-refractivity contribution < 1.29 is 17.6 Å². The first-order valence-corrected chi connectivity index (χ1v) is 4.75. The maximum Gasteiger partial charge on any atom is 0.417 e. The van der Waals surface area contributed by atoms with Crippen molar-refractivity contribution in [2.75, 3.05) is 11.5 Å². The van der Waals surface area contributed by atoms with Gasteiger partial charge in [-0.1, -0.05) is 11.8 Å². The van der Waals surface area contributed by atoms with Crippen LogP contribution in [0.1, 0.15) is 11.1 Å². The van der Waals surface area contributed by atoms with Crippen molar-refractivity contribution in [3.8, 4) is 11.8 Å².